The van der Waals surface area contributed by atoms with Crippen LogP contribution in [-0.2, 0) is 49.3 Å². The minimum atomic E-state index is -4.65. The number of pyridine rings is 1. The zero-order valence-corrected chi connectivity index (χ0v) is 26.4. The number of rotatable bonds is 13. The van der Waals surface area contributed by atoms with Crippen molar-refractivity contribution in [2.75, 3.05) is 33.7 Å². The zero-order valence-electron chi connectivity index (χ0n) is 26.4. The number of halogens is 3. The molecule has 1 aliphatic heterocycles. The Bertz CT molecular complexity index is 1440. The Hall–Kier alpha value is -4.93. The second kappa shape index (κ2) is 17.3. The predicted molar refractivity (Wildman–Crippen MR) is 155 cm³/mol. The lowest BCUT2D eigenvalue weighted by Crippen LogP contribution is -2.47. The molecule has 2 aromatic rings. The molecule has 262 valence electrons. The second-order valence-corrected chi connectivity index (χ2v) is 10.7. The molecule has 48 heavy (non-hydrogen) atoms. The highest BCUT2D eigenvalue weighted by Gasteiger charge is 2.42. The molecule has 17 heteroatoms. The van der Waals surface area contributed by atoms with Gasteiger partial charge in [-0.3, -0.25) is 14.4 Å². The number of methoxy groups -OCH3 is 1. The van der Waals surface area contributed by atoms with Gasteiger partial charge in [0.05, 0.1) is 13.0 Å². The van der Waals surface area contributed by atoms with Crippen molar-refractivity contribution in [3.8, 4) is 11.5 Å². The van der Waals surface area contributed by atoms with Crippen LogP contribution in [0.3, 0.4) is 0 Å². The SMILES string of the molecule is COc1ccnc(C(=O)N[C@H]2COC(=O)[C@H](Cc3ccccc3)[C@@H](OC(=O)C(C)C)[C@H](C)OC2=O)c1OCOC(=O)COCC(F)(F)F. The number of carbonyl (C=O) groups excluding carboxylic acids is 5. The molecule has 0 spiro atoms. The molecule has 1 aliphatic rings. The number of esters is 4. The number of ether oxygens (including phenoxy) is 7. The predicted octanol–water partition coefficient (Wildman–Crippen LogP) is 2.56. The van der Waals surface area contributed by atoms with E-state index in [1.807, 2.05) is 0 Å². The molecule has 1 fully saturated rings. The van der Waals surface area contributed by atoms with Crippen molar-refractivity contribution in [3.63, 3.8) is 0 Å². The van der Waals surface area contributed by atoms with Gasteiger partial charge in [0.25, 0.3) is 5.91 Å². The maximum atomic E-state index is 13.4. The number of aromatic nitrogens is 1. The minimum Gasteiger partial charge on any atom is -0.493 e. The first-order chi connectivity index (χ1) is 22.7. The summed E-state index contributed by atoms with van der Waals surface area (Å²) in [7, 11) is 1.23. The lowest BCUT2D eigenvalue weighted by Gasteiger charge is -2.29. The third kappa shape index (κ3) is 11.1. The summed E-state index contributed by atoms with van der Waals surface area (Å²) in [6.07, 6.45) is -5.77. The van der Waals surface area contributed by atoms with Gasteiger partial charge in [-0.2, -0.15) is 13.2 Å². The van der Waals surface area contributed by atoms with Gasteiger partial charge < -0.3 is 38.5 Å². The molecular formula is C31H35F3N2O12. The van der Waals surface area contributed by atoms with E-state index in [2.05, 4.69) is 15.0 Å². The quantitative estimate of drug-likeness (QED) is 0.185. The highest BCUT2D eigenvalue weighted by atomic mass is 19.4. The Morgan fingerprint density at radius 3 is 2.44 bits per heavy atom. The van der Waals surface area contributed by atoms with Crippen LogP contribution >= 0.6 is 0 Å². The first-order valence-electron chi connectivity index (χ1n) is 14.6. The van der Waals surface area contributed by atoms with E-state index in [1.54, 1.807) is 44.2 Å². The highest BCUT2D eigenvalue weighted by Crippen LogP contribution is 2.30. The molecule has 4 atom stereocenters. The van der Waals surface area contributed by atoms with Crippen molar-refractivity contribution in [2.24, 2.45) is 11.8 Å². The number of carbonyl (C=O) groups is 5. The number of hydrogen-bond donors (Lipinski definition) is 1. The summed E-state index contributed by atoms with van der Waals surface area (Å²) in [6, 6.07) is 8.59. The van der Waals surface area contributed by atoms with Gasteiger partial charge >= 0.3 is 30.1 Å². The van der Waals surface area contributed by atoms with Crippen LogP contribution in [0.5, 0.6) is 11.5 Å². The molecule has 3 rings (SSSR count). The Labute approximate surface area is 273 Å². The van der Waals surface area contributed by atoms with E-state index in [0.29, 0.717) is 0 Å². The van der Waals surface area contributed by atoms with E-state index in [1.165, 1.54) is 26.3 Å². The molecule has 1 N–H and O–H groups in total. The normalized spacial score (nSPS) is 19.9. The van der Waals surface area contributed by atoms with Gasteiger partial charge in [0.1, 0.15) is 31.8 Å². The summed E-state index contributed by atoms with van der Waals surface area (Å²) in [5.41, 5.74) is 0.264. The average molecular weight is 685 g/mol. The van der Waals surface area contributed by atoms with Gasteiger partial charge in [0.15, 0.2) is 29.3 Å². The molecule has 14 nitrogen and oxygen atoms in total. The number of benzene rings is 1. The van der Waals surface area contributed by atoms with Gasteiger partial charge in [-0.1, -0.05) is 44.2 Å². The summed E-state index contributed by atoms with van der Waals surface area (Å²) in [5.74, 6) is -6.73. The van der Waals surface area contributed by atoms with Crippen molar-refractivity contribution in [1.82, 2.24) is 10.3 Å². The van der Waals surface area contributed by atoms with Gasteiger partial charge in [-0.15, -0.1) is 0 Å². The largest absolute Gasteiger partial charge is 0.493 e. The number of amides is 1. The van der Waals surface area contributed by atoms with E-state index in [9.17, 15) is 37.1 Å². The van der Waals surface area contributed by atoms with Crippen molar-refractivity contribution in [2.45, 2.75) is 51.6 Å². The van der Waals surface area contributed by atoms with E-state index >= 15 is 0 Å². The Morgan fingerprint density at radius 2 is 1.79 bits per heavy atom. The molecular weight excluding hydrogens is 649 g/mol. The first kappa shape index (κ1) is 37.5. The minimum absolute atomic E-state index is 0.0600. The second-order valence-electron chi connectivity index (χ2n) is 10.7. The molecule has 0 bridgehead atoms. The fraction of sp³-hybridized carbons (Fsp3) is 0.484. The van der Waals surface area contributed by atoms with Crippen molar-refractivity contribution >= 4 is 29.8 Å². The van der Waals surface area contributed by atoms with E-state index in [0.717, 1.165) is 5.56 Å². The molecule has 0 radical (unpaired) electrons. The van der Waals surface area contributed by atoms with E-state index in [4.69, 9.17) is 28.4 Å². The fourth-order valence-electron chi connectivity index (χ4n) is 4.32. The molecule has 0 saturated carbocycles. The topological polar surface area (TPSA) is 175 Å². The summed E-state index contributed by atoms with van der Waals surface area (Å²) in [6.45, 7) is 0.413. The number of hydrogen-bond acceptors (Lipinski definition) is 13. The number of alkyl halides is 3. The van der Waals surface area contributed by atoms with Crippen LogP contribution in [0.25, 0.3) is 0 Å². The number of nitrogens with one attached hydrogen (secondary N) is 1. The van der Waals surface area contributed by atoms with Gasteiger partial charge in [0.2, 0.25) is 6.79 Å². The third-order valence-electron chi connectivity index (χ3n) is 6.68. The van der Waals surface area contributed by atoms with Crippen LogP contribution in [-0.4, -0.2) is 92.9 Å². The van der Waals surface area contributed by atoms with Crippen molar-refractivity contribution in [1.29, 1.82) is 0 Å². The Kier molecular flexibility index (Phi) is 13.5. The number of cyclic esters (lactones) is 2. The summed E-state index contributed by atoms with van der Waals surface area (Å²) >= 11 is 0. The first-order valence-corrected chi connectivity index (χ1v) is 14.6. The zero-order chi connectivity index (χ0) is 35.4. The maximum Gasteiger partial charge on any atom is 0.411 e. The van der Waals surface area contributed by atoms with Gasteiger partial charge in [0, 0.05) is 12.3 Å². The third-order valence-corrected chi connectivity index (χ3v) is 6.68. The molecule has 1 amide bonds. The summed E-state index contributed by atoms with van der Waals surface area (Å²) in [4.78, 5) is 68.3. The van der Waals surface area contributed by atoms with Crippen LogP contribution in [0.2, 0.25) is 0 Å². The number of nitrogens with zero attached hydrogens (tertiary/aromatic N) is 1. The van der Waals surface area contributed by atoms with Crippen LogP contribution in [0.15, 0.2) is 42.6 Å². The fourth-order valence-corrected chi connectivity index (χ4v) is 4.32. The lowest BCUT2D eigenvalue weighted by atomic mass is 9.91. The Morgan fingerprint density at radius 1 is 1.08 bits per heavy atom. The lowest BCUT2D eigenvalue weighted by molar-refractivity contribution is -0.183. The summed E-state index contributed by atoms with van der Waals surface area (Å²) < 4.78 is 72.8. The molecule has 2 heterocycles. The highest BCUT2D eigenvalue weighted by molar-refractivity contribution is 5.98. The maximum absolute atomic E-state index is 13.4. The summed E-state index contributed by atoms with van der Waals surface area (Å²) in [5, 5.41) is 2.36. The molecule has 1 aromatic heterocycles. The van der Waals surface area contributed by atoms with Gasteiger partial charge in [-0.25, -0.2) is 14.6 Å². The van der Waals surface area contributed by atoms with Crippen molar-refractivity contribution < 1.29 is 70.3 Å². The van der Waals surface area contributed by atoms with Crippen molar-refractivity contribution in [3.05, 3.63) is 53.9 Å². The molecule has 1 aromatic carbocycles. The van der Waals surface area contributed by atoms with Crippen LogP contribution in [0.1, 0.15) is 36.8 Å². The van der Waals surface area contributed by atoms with Crippen LogP contribution in [0, 0.1) is 11.8 Å². The van der Waals surface area contributed by atoms with Crippen LogP contribution < -0.4 is 14.8 Å². The monoisotopic (exact) mass is 684 g/mol. The van der Waals surface area contributed by atoms with E-state index < -0.39 is 98.4 Å². The Balaban J connectivity index is 1.77. The van der Waals surface area contributed by atoms with E-state index in [-0.39, 0.29) is 17.9 Å². The smallest absolute Gasteiger partial charge is 0.411 e. The van der Waals surface area contributed by atoms with Gasteiger partial charge in [-0.05, 0) is 18.9 Å². The molecule has 0 aliphatic carbocycles. The van der Waals surface area contributed by atoms with Crippen LogP contribution in [0.4, 0.5) is 13.2 Å². The molecule has 0 unspecified atom stereocenters. The molecule has 1 saturated heterocycles. The standard InChI is InChI=1S/C31H35F3N2O12/c1-17(2)28(39)48-25-18(3)47-30(41)21(13-44-29(40)20(25)12-19-8-6-5-7-9-19)36-27(38)24-26(22(42-4)10-11-35-24)46-16-45-23(37)14-43-15-31(32,33)34/h5-11,17-18,20-21,25H,12-16H2,1-4H3,(H,36,38)/t18-,20+,21-,25-/m0/s1. The average Bonchev–Trinajstić information content (AvgIpc) is 3.06.